The van der Waals surface area contributed by atoms with Crippen molar-refractivity contribution in [3.63, 3.8) is 0 Å². The fourth-order valence-electron chi connectivity index (χ4n) is 4.10. The van der Waals surface area contributed by atoms with E-state index in [1.54, 1.807) is 42.5 Å². The topological polar surface area (TPSA) is 86.8 Å². The molecular formula is C29H32BrCl2N3O4S. The van der Waals surface area contributed by atoms with Crippen molar-refractivity contribution in [1.29, 1.82) is 0 Å². The monoisotopic (exact) mass is 667 g/mol. The Balaban J connectivity index is 2.12. The first-order valence-corrected chi connectivity index (χ1v) is 16.1. The van der Waals surface area contributed by atoms with Crippen LogP contribution in [0.5, 0.6) is 0 Å². The lowest BCUT2D eigenvalue weighted by Crippen LogP contribution is -2.54. The number of para-hydroxylation sites is 1. The molecule has 0 aliphatic heterocycles. The second kappa shape index (κ2) is 14.3. The summed E-state index contributed by atoms with van der Waals surface area (Å²) in [6, 6.07) is 19.9. The lowest BCUT2D eigenvalue weighted by Gasteiger charge is -2.34. The lowest BCUT2D eigenvalue weighted by atomic mass is 10.0. The number of halogens is 3. The summed E-state index contributed by atoms with van der Waals surface area (Å²) in [7, 11) is -3.88. The molecule has 7 nitrogen and oxygen atoms in total. The van der Waals surface area contributed by atoms with Gasteiger partial charge >= 0.3 is 0 Å². The van der Waals surface area contributed by atoms with Crippen LogP contribution in [0.1, 0.15) is 31.4 Å². The van der Waals surface area contributed by atoms with Gasteiger partial charge in [0.1, 0.15) is 12.6 Å². The van der Waals surface area contributed by atoms with Crippen LogP contribution in [0.2, 0.25) is 10.0 Å². The smallest absolute Gasteiger partial charge is 0.244 e. The van der Waals surface area contributed by atoms with Crippen LogP contribution in [0.3, 0.4) is 0 Å². The number of sulfonamides is 1. The van der Waals surface area contributed by atoms with E-state index in [1.165, 1.54) is 4.90 Å². The van der Waals surface area contributed by atoms with E-state index < -0.39 is 28.5 Å². The predicted octanol–water partition coefficient (Wildman–Crippen LogP) is 6.08. The number of benzene rings is 3. The summed E-state index contributed by atoms with van der Waals surface area (Å²) in [5.74, 6) is -0.945. The summed E-state index contributed by atoms with van der Waals surface area (Å²) in [6.07, 6.45) is 1.93. The van der Waals surface area contributed by atoms with Gasteiger partial charge in [-0.05, 0) is 59.1 Å². The highest BCUT2D eigenvalue weighted by Crippen LogP contribution is 2.30. The molecule has 3 aromatic carbocycles. The predicted molar refractivity (Wildman–Crippen MR) is 165 cm³/mol. The second-order valence-corrected chi connectivity index (χ2v) is 13.0. The van der Waals surface area contributed by atoms with Crippen LogP contribution >= 0.6 is 39.1 Å². The van der Waals surface area contributed by atoms with Crippen molar-refractivity contribution in [1.82, 2.24) is 10.2 Å². The molecule has 0 radical (unpaired) electrons. The van der Waals surface area contributed by atoms with E-state index in [-0.39, 0.29) is 24.9 Å². The van der Waals surface area contributed by atoms with Crippen LogP contribution in [0.25, 0.3) is 0 Å². The minimum absolute atomic E-state index is 0.101. The Morgan fingerprint density at radius 2 is 1.55 bits per heavy atom. The van der Waals surface area contributed by atoms with Crippen LogP contribution < -0.4 is 9.62 Å². The summed E-state index contributed by atoms with van der Waals surface area (Å²) in [6.45, 7) is 3.19. The number of amides is 2. The van der Waals surface area contributed by atoms with Crippen LogP contribution in [-0.2, 0) is 32.6 Å². The average molecular weight is 669 g/mol. The number of carbonyl (C=O) groups excluding carboxylic acids is 2. The number of hydrogen-bond acceptors (Lipinski definition) is 4. The minimum Gasteiger partial charge on any atom is -0.352 e. The van der Waals surface area contributed by atoms with Crippen molar-refractivity contribution in [2.75, 3.05) is 17.1 Å². The first-order chi connectivity index (χ1) is 18.9. The van der Waals surface area contributed by atoms with Crippen molar-refractivity contribution >= 4 is 66.7 Å². The molecule has 0 spiro atoms. The van der Waals surface area contributed by atoms with Gasteiger partial charge in [-0.3, -0.25) is 13.9 Å². The maximum absolute atomic E-state index is 14.1. The van der Waals surface area contributed by atoms with Crippen molar-refractivity contribution in [3.05, 3.63) is 98.4 Å². The third-order valence-electron chi connectivity index (χ3n) is 6.46. The maximum Gasteiger partial charge on any atom is 0.244 e. The van der Waals surface area contributed by atoms with Gasteiger partial charge in [-0.25, -0.2) is 8.42 Å². The molecule has 0 aliphatic carbocycles. The van der Waals surface area contributed by atoms with Gasteiger partial charge in [-0.2, -0.15) is 0 Å². The number of rotatable bonds is 12. The molecule has 2 atom stereocenters. The molecule has 0 fully saturated rings. The summed E-state index contributed by atoms with van der Waals surface area (Å²) >= 11 is 16.4. The average Bonchev–Trinajstić information content (AvgIpc) is 2.91. The van der Waals surface area contributed by atoms with E-state index in [9.17, 15) is 18.0 Å². The fraction of sp³-hybridized carbons (Fsp3) is 0.310. The van der Waals surface area contributed by atoms with Crippen LogP contribution in [0.4, 0.5) is 5.69 Å². The van der Waals surface area contributed by atoms with E-state index in [0.717, 1.165) is 16.1 Å². The molecule has 3 aromatic rings. The van der Waals surface area contributed by atoms with Gasteiger partial charge in [-0.15, -0.1) is 0 Å². The quantitative estimate of drug-likeness (QED) is 0.254. The first-order valence-electron chi connectivity index (χ1n) is 12.7. The molecule has 0 bridgehead atoms. The van der Waals surface area contributed by atoms with Crippen molar-refractivity contribution in [3.8, 4) is 0 Å². The third-order valence-corrected chi connectivity index (χ3v) is 8.97. The Kier molecular flexibility index (Phi) is 11.5. The molecule has 0 aromatic heterocycles. The molecule has 0 unspecified atom stereocenters. The summed E-state index contributed by atoms with van der Waals surface area (Å²) in [4.78, 5) is 29.2. The second-order valence-electron chi connectivity index (χ2n) is 9.47. The third kappa shape index (κ3) is 8.46. The van der Waals surface area contributed by atoms with Crippen molar-refractivity contribution in [2.24, 2.45) is 0 Å². The van der Waals surface area contributed by atoms with Gasteiger partial charge in [0.05, 0.1) is 11.9 Å². The van der Waals surface area contributed by atoms with Crippen LogP contribution in [0.15, 0.2) is 77.3 Å². The zero-order chi connectivity index (χ0) is 29.4. The Morgan fingerprint density at radius 3 is 2.12 bits per heavy atom. The molecule has 1 N–H and O–H groups in total. The number of anilines is 1. The summed E-state index contributed by atoms with van der Waals surface area (Å²) in [5.41, 5.74) is 1.60. The molecule has 3 rings (SSSR count). The molecule has 0 saturated heterocycles. The standard InChI is InChI=1S/C29H32BrCl2N3O4S/c1-4-20(2)33-29(37)27(17-21-11-6-5-7-12-21)34(18-22-24(31)14-10-15-25(22)32)28(36)19-35(40(3,38)39)26-16-9-8-13-23(26)30/h5-16,20,27H,4,17-19H2,1-3H3,(H,33,37)/t20-,27-/m0/s1. The lowest BCUT2D eigenvalue weighted by molar-refractivity contribution is -0.140. The van der Waals surface area contributed by atoms with E-state index in [2.05, 4.69) is 21.2 Å². The molecule has 0 aliphatic rings. The number of nitrogens with zero attached hydrogens (tertiary/aromatic N) is 2. The molecule has 0 heterocycles. The molecule has 0 saturated carbocycles. The van der Waals surface area contributed by atoms with Gasteiger partial charge in [0.2, 0.25) is 21.8 Å². The Bertz CT molecular complexity index is 1420. The Hall–Kier alpha value is -2.59. The van der Waals surface area contributed by atoms with Crippen LogP contribution in [0, 0.1) is 0 Å². The zero-order valence-corrected chi connectivity index (χ0v) is 26.4. The zero-order valence-electron chi connectivity index (χ0n) is 22.5. The van der Waals surface area contributed by atoms with Gasteiger partial charge < -0.3 is 10.2 Å². The van der Waals surface area contributed by atoms with Gasteiger partial charge in [0, 0.05) is 39.1 Å². The van der Waals surface area contributed by atoms with E-state index in [4.69, 9.17) is 23.2 Å². The van der Waals surface area contributed by atoms with E-state index in [0.29, 0.717) is 32.2 Å². The van der Waals surface area contributed by atoms with E-state index in [1.807, 2.05) is 44.2 Å². The Morgan fingerprint density at radius 1 is 0.950 bits per heavy atom. The Labute approximate surface area is 254 Å². The largest absolute Gasteiger partial charge is 0.352 e. The van der Waals surface area contributed by atoms with Gasteiger partial charge in [-0.1, -0.05) is 78.7 Å². The molecule has 214 valence electrons. The van der Waals surface area contributed by atoms with Gasteiger partial charge in [0.15, 0.2) is 0 Å². The fourth-order valence-corrected chi connectivity index (χ4v) is 6.09. The minimum atomic E-state index is -3.88. The highest BCUT2D eigenvalue weighted by molar-refractivity contribution is 9.10. The number of carbonyl (C=O) groups is 2. The highest BCUT2D eigenvalue weighted by atomic mass is 79.9. The number of nitrogens with one attached hydrogen (secondary N) is 1. The molecule has 11 heteroatoms. The molecule has 40 heavy (non-hydrogen) atoms. The van der Waals surface area contributed by atoms with Crippen molar-refractivity contribution in [2.45, 2.75) is 45.3 Å². The SMILES string of the molecule is CC[C@H](C)NC(=O)[C@H](Cc1ccccc1)N(Cc1c(Cl)cccc1Cl)C(=O)CN(c1ccccc1Br)S(C)(=O)=O. The number of hydrogen-bond donors (Lipinski definition) is 1. The van der Waals surface area contributed by atoms with Crippen molar-refractivity contribution < 1.29 is 18.0 Å². The normalized spacial score (nSPS) is 12.8. The van der Waals surface area contributed by atoms with Crippen LogP contribution in [-0.4, -0.2) is 50.0 Å². The maximum atomic E-state index is 14.1. The first kappa shape index (κ1) is 31.9. The van der Waals surface area contributed by atoms with E-state index >= 15 is 0 Å². The highest BCUT2D eigenvalue weighted by Gasteiger charge is 2.34. The summed E-state index contributed by atoms with van der Waals surface area (Å²) in [5, 5.41) is 3.65. The molecular weight excluding hydrogens is 637 g/mol. The van der Waals surface area contributed by atoms with Gasteiger partial charge in [0.25, 0.3) is 0 Å². The molecule has 2 amide bonds. The summed E-state index contributed by atoms with van der Waals surface area (Å²) < 4.78 is 27.3.